The largest absolute Gasteiger partial charge is 0.479 e. The maximum atomic E-state index is 12.5. The molecule has 0 aliphatic rings. The maximum Gasteiger partial charge on any atom is 0.337 e. The van der Waals surface area contributed by atoms with E-state index < -0.39 is 17.7 Å². The Labute approximate surface area is 224 Å². The first kappa shape index (κ1) is 25.4. The van der Waals surface area contributed by atoms with E-state index in [4.69, 9.17) is 21.3 Å². The van der Waals surface area contributed by atoms with Gasteiger partial charge in [-0.3, -0.25) is 0 Å². The molecule has 0 saturated carbocycles. The Balaban J connectivity index is 1.76. The highest BCUT2D eigenvalue weighted by molar-refractivity contribution is 7.22. The molecule has 1 N–H and O–H groups in total. The van der Waals surface area contributed by atoms with Crippen molar-refractivity contribution in [1.82, 2.24) is 14.6 Å². The molecule has 0 saturated heterocycles. The van der Waals surface area contributed by atoms with E-state index in [1.807, 2.05) is 74.9 Å². The summed E-state index contributed by atoms with van der Waals surface area (Å²) in [7, 11) is 0. The van der Waals surface area contributed by atoms with Gasteiger partial charge in [0.05, 0.1) is 27.5 Å². The molecule has 1 atom stereocenters. The Morgan fingerprint density at radius 2 is 1.86 bits per heavy atom. The second kappa shape index (κ2) is 9.56. The predicted molar refractivity (Wildman–Crippen MR) is 150 cm³/mol. The Hall–Kier alpha value is -3.26. The number of hydrogen-bond acceptors (Lipinski definition) is 5. The number of carboxylic acid groups (broad SMARTS) is 1. The van der Waals surface area contributed by atoms with Crippen molar-refractivity contribution in [3.63, 3.8) is 0 Å². The number of rotatable bonds is 6. The average molecular weight is 534 g/mol. The van der Waals surface area contributed by atoms with Gasteiger partial charge in [-0.15, -0.1) is 11.3 Å². The van der Waals surface area contributed by atoms with Crippen molar-refractivity contribution in [2.45, 2.75) is 52.7 Å². The average Bonchev–Trinajstić information content (AvgIpc) is 3.45. The van der Waals surface area contributed by atoms with Crippen LogP contribution in [-0.4, -0.2) is 31.3 Å². The van der Waals surface area contributed by atoms with Crippen LogP contribution in [0.5, 0.6) is 0 Å². The van der Waals surface area contributed by atoms with E-state index in [0.29, 0.717) is 10.6 Å². The van der Waals surface area contributed by atoms with E-state index in [1.54, 1.807) is 0 Å². The second-order valence-electron chi connectivity index (χ2n) is 10.1. The zero-order valence-corrected chi connectivity index (χ0v) is 22.9. The zero-order valence-electron chi connectivity index (χ0n) is 21.4. The standard InChI is InChI=1S/C29H28ClN3O3S/c1-6-17-14-31-33-15-19(9-12-22(17)33)27-32-21-13-16(2)23(25(28(34)35)36-29(3,4)5)24(26(21)37-27)18-7-10-20(30)11-8-18/h7-15,25H,6H2,1-5H3,(H,34,35)/t25-/m0/s1. The number of aromatic nitrogens is 3. The van der Waals surface area contributed by atoms with Gasteiger partial charge in [0.2, 0.25) is 0 Å². The summed E-state index contributed by atoms with van der Waals surface area (Å²) in [5.74, 6) is -1.03. The molecule has 0 aliphatic heterocycles. The van der Waals surface area contributed by atoms with Crippen LogP contribution in [0.4, 0.5) is 0 Å². The van der Waals surface area contributed by atoms with Gasteiger partial charge in [0, 0.05) is 27.9 Å². The van der Waals surface area contributed by atoms with Gasteiger partial charge in [0.1, 0.15) is 5.01 Å². The molecular formula is C29H28ClN3O3S. The summed E-state index contributed by atoms with van der Waals surface area (Å²) in [6, 6.07) is 13.5. The molecule has 2 aromatic carbocycles. The number of fused-ring (bicyclic) bond motifs is 2. The van der Waals surface area contributed by atoms with Gasteiger partial charge in [-0.1, -0.05) is 30.7 Å². The monoisotopic (exact) mass is 533 g/mol. The molecule has 0 aliphatic carbocycles. The molecule has 3 heterocycles. The summed E-state index contributed by atoms with van der Waals surface area (Å²) < 4.78 is 8.88. The fraction of sp³-hybridized carbons (Fsp3) is 0.276. The minimum atomic E-state index is -1.14. The summed E-state index contributed by atoms with van der Waals surface area (Å²) in [5.41, 5.74) is 6.47. The van der Waals surface area contributed by atoms with Crippen molar-refractivity contribution >= 4 is 44.6 Å². The first-order valence-electron chi connectivity index (χ1n) is 12.1. The molecule has 8 heteroatoms. The summed E-state index contributed by atoms with van der Waals surface area (Å²) in [6.45, 7) is 9.61. The van der Waals surface area contributed by atoms with Gasteiger partial charge < -0.3 is 9.84 Å². The van der Waals surface area contributed by atoms with Gasteiger partial charge in [0.15, 0.2) is 6.10 Å². The molecule has 0 bridgehead atoms. The fourth-order valence-corrected chi connectivity index (χ4v) is 5.84. The van der Waals surface area contributed by atoms with Crippen molar-refractivity contribution in [1.29, 1.82) is 0 Å². The lowest BCUT2D eigenvalue weighted by Gasteiger charge is -2.28. The van der Waals surface area contributed by atoms with Crippen molar-refractivity contribution in [2.75, 3.05) is 0 Å². The number of benzene rings is 2. The van der Waals surface area contributed by atoms with Gasteiger partial charge in [-0.25, -0.2) is 14.3 Å². The Morgan fingerprint density at radius 1 is 1.16 bits per heavy atom. The maximum absolute atomic E-state index is 12.5. The van der Waals surface area contributed by atoms with E-state index >= 15 is 0 Å². The van der Waals surface area contributed by atoms with Crippen LogP contribution in [0.1, 0.15) is 50.5 Å². The number of aliphatic carboxylic acids is 1. The van der Waals surface area contributed by atoms with E-state index in [9.17, 15) is 9.90 Å². The van der Waals surface area contributed by atoms with Crippen LogP contribution in [0.2, 0.25) is 5.02 Å². The third kappa shape index (κ3) is 4.87. The van der Waals surface area contributed by atoms with Crippen molar-refractivity contribution in [3.8, 4) is 21.7 Å². The van der Waals surface area contributed by atoms with Gasteiger partial charge in [0.25, 0.3) is 0 Å². The normalized spacial score (nSPS) is 12.9. The third-order valence-electron chi connectivity index (χ3n) is 6.24. The van der Waals surface area contributed by atoms with Crippen LogP contribution in [0.15, 0.2) is 54.9 Å². The summed E-state index contributed by atoms with van der Waals surface area (Å²) in [4.78, 5) is 17.5. The molecule has 3 aromatic heterocycles. The molecule has 5 aromatic rings. The molecule has 190 valence electrons. The zero-order chi connectivity index (χ0) is 26.5. The molecule has 0 amide bonds. The highest BCUT2D eigenvalue weighted by Gasteiger charge is 2.32. The molecule has 0 spiro atoms. The quantitative estimate of drug-likeness (QED) is 0.241. The summed E-state index contributed by atoms with van der Waals surface area (Å²) in [6.07, 6.45) is 3.66. The third-order valence-corrected chi connectivity index (χ3v) is 7.63. The molecule has 6 nitrogen and oxygen atoms in total. The van der Waals surface area contributed by atoms with E-state index in [0.717, 1.165) is 49.4 Å². The molecule has 0 unspecified atom stereocenters. The van der Waals surface area contributed by atoms with E-state index in [-0.39, 0.29) is 0 Å². The highest BCUT2D eigenvalue weighted by Crippen LogP contribution is 2.44. The van der Waals surface area contributed by atoms with Crippen LogP contribution in [0.25, 0.3) is 37.4 Å². The fourth-order valence-electron chi connectivity index (χ4n) is 4.60. The molecule has 37 heavy (non-hydrogen) atoms. The Morgan fingerprint density at radius 3 is 2.51 bits per heavy atom. The SMILES string of the molecule is CCc1cnn2cc(-c3nc4cc(C)c([C@H](OC(C)(C)C)C(=O)O)c(-c5ccc(Cl)cc5)c4s3)ccc12. The molecule has 5 rings (SSSR count). The van der Waals surface area contributed by atoms with Crippen LogP contribution in [0, 0.1) is 6.92 Å². The number of nitrogens with zero attached hydrogens (tertiary/aromatic N) is 3. The topological polar surface area (TPSA) is 76.7 Å². The number of carbonyl (C=O) groups is 1. The van der Waals surface area contributed by atoms with Crippen molar-refractivity contribution in [3.05, 3.63) is 76.6 Å². The highest BCUT2D eigenvalue weighted by atomic mass is 35.5. The van der Waals surface area contributed by atoms with E-state index in [1.165, 1.54) is 16.9 Å². The number of thiazole rings is 1. The van der Waals surface area contributed by atoms with Gasteiger partial charge in [-0.05, 0) is 81.1 Å². The first-order valence-corrected chi connectivity index (χ1v) is 13.3. The minimum Gasteiger partial charge on any atom is -0.479 e. The van der Waals surface area contributed by atoms with Crippen LogP contribution in [-0.2, 0) is 16.0 Å². The lowest BCUT2D eigenvalue weighted by molar-refractivity contribution is -0.160. The van der Waals surface area contributed by atoms with Crippen LogP contribution >= 0.6 is 22.9 Å². The Kier molecular flexibility index (Phi) is 6.56. The van der Waals surface area contributed by atoms with Crippen molar-refractivity contribution in [2.24, 2.45) is 0 Å². The smallest absolute Gasteiger partial charge is 0.337 e. The molecular weight excluding hydrogens is 506 g/mol. The van der Waals surface area contributed by atoms with Gasteiger partial charge >= 0.3 is 5.97 Å². The number of pyridine rings is 1. The lowest BCUT2D eigenvalue weighted by atomic mass is 9.91. The predicted octanol–water partition coefficient (Wildman–Crippen LogP) is 7.74. The minimum absolute atomic E-state index is 0.610. The molecule has 0 fully saturated rings. The summed E-state index contributed by atoms with van der Waals surface area (Å²) >= 11 is 7.73. The lowest BCUT2D eigenvalue weighted by Crippen LogP contribution is -2.28. The number of aryl methyl sites for hydroxylation is 2. The number of carboxylic acids is 1. The number of halogens is 1. The second-order valence-corrected chi connectivity index (χ2v) is 11.5. The van der Waals surface area contributed by atoms with Crippen LogP contribution in [0.3, 0.4) is 0 Å². The Bertz CT molecular complexity index is 1630. The van der Waals surface area contributed by atoms with Gasteiger partial charge in [-0.2, -0.15) is 5.10 Å². The van der Waals surface area contributed by atoms with Crippen molar-refractivity contribution < 1.29 is 14.6 Å². The number of ether oxygens (including phenoxy) is 1. The first-order chi connectivity index (χ1) is 17.6. The van der Waals surface area contributed by atoms with E-state index in [2.05, 4.69) is 24.2 Å². The number of hydrogen-bond donors (Lipinski definition) is 1. The summed E-state index contributed by atoms with van der Waals surface area (Å²) in [5, 5.41) is 16.2. The van der Waals surface area contributed by atoms with Crippen LogP contribution < -0.4 is 0 Å². The molecule has 0 radical (unpaired) electrons.